The molecule has 1 N–H and O–H groups in total. The Labute approximate surface area is 108 Å². The molecule has 1 aromatic carbocycles. The minimum Gasteiger partial charge on any atom is -0.374 e. The van der Waals surface area contributed by atoms with Crippen molar-refractivity contribution in [2.45, 2.75) is 18.8 Å². The summed E-state index contributed by atoms with van der Waals surface area (Å²) in [6, 6.07) is 6.37. The molecular formula is C14H19ClN2. The number of rotatable bonds is 1. The van der Waals surface area contributed by atoms with Crippen molar-refractivity contribution in [2.75, 3.05) is 31.6 Å². The van der Waals surface area contributed by atoms with E-state index < -0.39 is 0 Å². The zero-order valence-corrected chi connectivity index (χ0v) is 11.0. The number of benzene rings is 1. The summed E-state index contributed by atoms with van der Waals surface area (Å²) in [6.07, 6.45) is 2.61. The Morgan fingerprint density at radius 2 is 2.06 bits per heavy atom. The number of likely N-dealkylation sites (N-methyl/N-ethyl adjacent to an activating group) is 1. The van der Waals surface area contributed by atoms with Crippen LogP contribution in [0.4, 0.5) is 5.69 Å². The topological polar surface area (TPSA) is 15.3 Å². The molecule has 17 heavy (non-hydrogen) atoms. The molecule has 1 atom stereocenters. The fourth-order valence-electron chi connectivity index (χ4n) is 3.30. The van der Waals surface area contributed by atoms with Crippen molar-refractivity contribution < 1.29 is 0 Å². The third-order valence-corrected chi connectivity index (χ3v) is 4.46. The summed E-state index contributed by atoms with van der Waals surface area (Å²) in [5.41, 5.74) is 2.84. The van der Waals surface area contributed by atoms with Gasteiger partial charge >= 0.3 is 0 Å². The Hall–Kier alpha value is -0.730. The minimum atomic E-state index is 0.703. The molecule has 2 aliphatic heterocycles. The third-order valence-electron chi connectivity index (χ3n) is 4.23. The average molecular weight is 251 g/mol. The Morgan fingerprint density at radius 3 is 2.82 bits per heavy atom. The van der Waals surface area contributed by atoms with Crippen LogP contribution >= 0.6 is 11.6 Å². The van der Waals surface area contributed by atoms with Gasteiger partial charge in [-0.05, 0) is 49.5 Å². The highest BCUT2D eigenvalue weighted by molar-refractivity contribution is 6.30. The monoisotopic (exact) mass is 250 g/mol. The number of piperidine rings is 1. The van der Waals surface area contributed by atoms with Crippen LogP contribution in [0.15, 0.2) is 18.2 Å². The standard InChI is InChI=1S/C14H19ClN2/c1-17-9-13(10-4-6-16-7-5-10)12-3-2-11(15)8-14(12)17/h2-3,8,10,13,16H,4-7,9H2,1H3. The van der Waals surface area contributed by atoms with Gasteiger partial charge in [-0.1, -0.05) is 17.7 Å². The molecule has 2 heterocycles. The van der Waals surface area contributed by atoms with Gasteiger partial charge in [0.2, 0.25) is 0 Å². The van der Waals surface area contributed by atoms with Gasteiger partial charge in [0.25, 0.3) is 0 Å². The Morgan fingerprint density at radius 1 is 1.29 bits per heavy atom. The molecule has 0 radical (unpaired) electrons. The highest BCUT2D eigenvalue weighted by Gasteiger charge is 2.33. The molecule has 0 spiro atoms. The van der Waals surface area contributed by atoms with Crippen molar-refractivity contribution in [1.82, 2.24) is 5.32 Å². The molecule has 3 heteroatoms. The zero-order valence-electron chi connectivity index (χ0n) is 10.2. The molecule has 1 fully saturated rings. The van der Waals surface area contributed by atoms with E-state index in [2.05, 4.69) is 29.4 Å². The third kappa shape index (κ3) is 2.04. The molecule has 3 rings (SSSR count). The summed E-state index contributed by atoms with van der Waals surface area (Å²) in [4.78, 5) is 2.36. The lowest BCUT2D eigenvalue weighted by Crippen LogP contribution is -2.32. The summed E-state index contributed by atoms with van der Waals surface area (Å²) in [5.74, 6) is 1.54. The molecule has 1 aromatic rings. The zero-order chi connectivity index (χ0) is 11.8. The van der Waals surface area contributed by atoms with Gasteiger partial charge in [0.15, 0.2) is 0 Å². The van der Waals surface area contributed by atoms with E-state index in [1.165, 1.54) is 37.2 Å². The summed E-state index contributed by atoms with van der Waals surface area (Å²) in [6.45, 7) is 3.50. The van der Waals surface area contributed by atoms with Gasteiger partial charge < -0.3 is 10.2 Å². The maximum absolute atomic E-state index is 6.09. The molecule has 0 aliphatic carbocycles. The normalized spacial score (nSPS) is 25.1. The number of hydrogen-bond donors (Lipinski definition) is 1. The van der Waals surface area contributed by atoms with E-state index in [1.807, 2.05) is 6.07 Å². The van der Waals surface area contributed by atoms with Crippen LogP contribution in [0.2, 0.25) is 5.02 Å². The van der Waals surface area contributed by atoms with E-state index in [0.717, 1.165) is 17.5 Å². The molecule has 0 amide bonds. The van der Waals surface area contributed by atoms with Gasteiger partial charge in [0.05, 0.1) is 0 Å². The maximum atomic E-state index is 6.09. The van der Waals surface area contributed by atoms with Crippen LogP contribution in [-0.4, -0.2) is 26.7 Å². The van der Waals surface area contributed by atoms with Crippen molar-refractivity contribution in [3.63, 3.8) is 0 Å². The van der Waals surface area contributed by atoms with Gasteiger partial charge in [-0.15, -0.1) is 0 Å². The average Bonchev–Trinajstić information content (AvgIpc) is 2.68. The lowest BCUT2D eigenvalue weighted by atomic mass is 9.82. The molecule has 0 saturated carbocycles. The van der Waals surface area contributed by atoms with Gasteiger partial charge in [-0.25, -0.2) is 0 Å². The second kappa shape index (κ2) is 4.51. The van der Waals surface area contributed by atoms with Crippen LogP contribution in [0, 0.1) is 5.92 Å². The fraction of sp³-hybridized carbons (Fsp3) is 0.571. The number of nitrogens with one attached hydrogen (secondary N) is 1. The smallest absolute Gasteiger partial charge is 0.0426 e. The van der Waals surface area contributed by atoms with Crippen LogP contribution < -0.4 is 10.2 Å². The van der Waals surface area contributed by atoms with Crippen LogP contribution in [0.3, 0.4) is 0 Å². The number of halogens is 1. The summed E-state index contributed by atoms with van der Waals surface area (Å²) >= 11 is 6.09. The second-order valence-electron chi connectivity index (χ2n) is 5.28. The Bertz CT molecular complexity index is 413. The van der Waals surface area contributed by atoms with Gasteiger partial charge in [0, 0.05) is 30.2 Å². The number of nitrogens with zero attached hydrogens (tertiary/aromatic N) is 1. The van der Waals surface area contributed by atoms with E-state index in [0.29, 0.717) is 5.92 Å². The van der Waals surface area contributed by atoms with E-state index in [4.69, 9.17) is 11.6 Å². The van der Waals surface area contributed by atoms with Crippen molar-refractivity contribution in [3.8, 4) is 0 Å². The first-order chi connectivity index (χ1) is 8.25. The predicted octanol–water partition coefficient (Wildman–Crippen LogP) is 2.87. The summed E-state index contributed by atoms with van der Waals surface area (Å²) < 4.78 is 0. The number of anilines is 1. The van der Waals surface area contributed by atoms with Gasteiger partial charge in [-0.3, -0.25) is 0 Å². The molecule has 0 aromatic heterocycles. The molecule has 0 bridgehead atoms. The van der Waals surface area contributed by atoms with Crippen molar-refractivity contribution in [3.05, 3.63) is 28.8 Å². The lowest BCUT2D eigenvalue weighted by Gasteiger charge is -2.28. The quantitative estimate of drug-likeness (QED) is 0.825. The minimum absolute atomic E-state index is 0.703. The van der Waals surface area contributed by atoms with E-state index in [-0.39, 0.29) is 0 Å². The van der Waals surface area contributed by atoms with E-state index in [1.54, 1.807) is 0 Å². The first-order valence-electron chi connectivity index (χ1n) is 6.47. The van der Waals surface area contributed by atoms with Crippen LogP contribution in [0.25, 0.3) is 0 Å². The highest BCUT2D eigenvalue weighted by atomic mass is 35.5. The first kappa shape index (κ1) is 11.4. The number of hydrogen-bond acceptors (Lipinski definition) is 2. The van der Waals surface area contributed by atoms with E-state index in [9.17, 15) is 0 Å². The highest BCUT2D eigenvalue weighted by Crippen LogP contribution is 2.43. The Kier molecular flexibility index (Phi) is 3.01. The molecule has 1 unspecified atom stereocenters. The largest absolute Gasteiger partial charge is 0.374 e. The van der Waals surface area contributed by atoms with Crippen LogP contribution in [-0.2, 0) is 0 Å². The predicted molar refractivity (Wildman–Crippen MR) is 73.1 cm³/mol. The van der Waals surface area contributed by atoms with Crippen molar-refractivity contribution in [1.29, 1.82) is 0 Å². The number of fused-ring (bicyclic) bond motifs is 1. The SMILES string of the molecule is CN1CC(C2CCNCC2)c2ccc(Cl)cc21. The second-order valence-corrected chi connectivity index (χ2v) is 5.71. The maximum Gasteiger partial charge on any atom is 0.0426 e. The Balaban J connectivity index is 1.89. The molecule has 92 valence electrons. The van der Waals surface area contributed by atoms with Crippen molar-refractivity contribution in [2.24, 2.45) is 5.92 Å². The lowest BCUT2D eigenvalue weighted by molar-refractivity contribution is 0.327. The molecule has 2 nitrogen and oxygen atoms in total. The van der Waals surface area contributed by atoms with Crippen LogP contribution in [0.5, 0.6) is 0 Å². The van der Waals surface area contributed by atoms with E-state index >= 15 is 0 Å². The molecular weight excluding hydrogens is 232 g/mol. The summed E-state index contributed by atoms with van der Waals surface area (Å²) in [5, 5.41) is 4.30. The first-order valence-corrected chi connectivity index (χ1v) is 6.85. The fourth-order valence-corrected chi connectivity index (χ4v) is 3.47. The van der Waals surface area contributed by atoms with Gasteiger partial charge in [-0.2, -0.15) is 0 Å². The van der Waals surface area contributed by atoms with Gasteiger partial charge in [0.1, 0.15) is 0 Å². The molecule has 2 aliphatic rings. The van der Waals surface area contributed by atoms with Crippen LogP contribution in [0.1, 0.15) is 24.3 Å². The van der Waals surface area contributed by atoms with Crippen molar-refractivity contribution >= 4 is 17.3 Å². The molecule has 1 saturated heterocycles. The summed E-state index contributed by atoms with van der Waals surface area (Å²) in [7, 11) is 2.18.